The molecule has 0 heterocycles. The van der Waals surface area contributed by atoms with Gasteiger partial charge in [0.05, 0.1) is 18.6 Å². The second-order valence-electron chi connectivity index (χ2n) is 5.63. The van der Waals surface area contributed by atoms with Gasteiger partial charge in [-0.1, -0.05) is 19.3 Å². The highest BCUT2D eigenvalue weighted by Crippen LogP contribution is 2.39. The van der Waals surface area contributed by atoms with Gasteiger partial charge in [-0.3, -0.25) is 9.59 Å². The second-order valence-corrected chi connectivity index (χ2v) is 5.63. The quantitative estimate of drug-likeness (QED) is 0.598. The Balaban J connectivity index is 2.21. The van der Waals surface area contributed by atoms with Gasteiger partial charge in [-0.05, 0) is 19.3 Å². The normalized spacial score (nSPS) is 17.4. The van der Waals surface area contributed by atoms with Gasteiger partial charge in [0.1, 0.15) is 0 Å². The van der Waals surface area contributed by atoms with Crippen molar-refractivity contribution in [3.63, 3.8) is 0 Å². The molecule has 2 N–H and O–H groups in total. The van der Waals surface area contributed by atoms with E-state index >= 15 is 0 Å². The summed E-state index contributed by atoms with van der Waals surface area (Å²) in [5, 5.41) is 12.2. The molecule has 0 spiro atoms. The zero-order valence-corrected chi connectivity index (χ0v) is 12.9. The summed E-state index contributed by atoms with van der Waals surface area (Å²) >= 11 is 0. The van der Waals surface area contributed by atoms with Crippen molar-refractivity contribution in [3.8, 4) is 0 Å². The van der Waals surface area contributed by atoms with Crippen LogP contribution >= 0.6 is 0 Å². The Morgan fingerprint density at radius 1 is 1.14 bits per heavy atom. The summed E-state index contributed by atoms with van der Waals surface area (Å²) in [5.41, 5.74) is -0.850. The van der Waals surface area contributed by atoms with Gasteiger partial charge < -0.3 is 19.9 Å². The molecule has 6 nitrogen and oxygen atoms in total. The number of carbonyl (C=O) groups is 2. The van der Waals surface area contributed by atoms with Gasteiger partial charge in [0.25, 0.3) is 0 Å². The molecule has 0 radical (unpaired) electrons. The first kappa shape index (κ1) is 17.9. The van der Waals surface area contributed by atoms with Gasteiger partial charge in [-0.25, -0.2) is 0 Å². The lowest BCUT2D eigenvalue weighted by Crippen LogP contribution is -2.39. The molecule has 122 valence electrons. The number of carboxylic acids is 1. The number of ether oxygens (including phenoxy) is 2. The highest BCUT2D eigenvalue weighted by atomic mass is 16.5. The maximum absolute atomic E-state index is 11.9. The topological polar surface area (TPSA) is 84.9 Å². The third-order valence-electron chi connectivity index (χ3n) is 3.98. The number of amides is 1. The minimum atomic E-state index is -0.850. The van der Waals surface area contributed by atoms with E-state index in [0.717, 1.165) is 25.7 Å². The molecule has 0 saturated heterocycles. The molecular weight excluding hydrogens is 274 g/mol. The molecule has 1 aliphatic carbocycles. The van der Waals surface area contributed by atoms with Crippen molar-refractivity contribution >= 4 is 11.9 Å². The Morgan fingerprint density at radius 3 is 2.48 bits per heavy atom. The van der Waals surface area contributed by atoms with E-state index in [1.807, 2.05) is 0 Å². The van der Waals surface area contributed by atoms with E-state index in [1.165, 1.54) is 0 Å². The summed E-state index contributed by atoms with van der Waals surface area (Å²) in [7, 11) is 1.62. The van der Waals surface area contributed by atoms with E-state index in [1.54, 1.807) is 7.11 Å². The molecule has 21 heavy (non-hydrogen) atoms. The van der Waals surface area contributed by atoms with Crippen LogP contribution in [0.1, 0.15) is 44.9 Å². The van der Waals surface area contributed by atoms with E-state index in [4.69, 9.17) is 9.47 Å². The SMILES string of the molecule is COCCOCCCNC(=O)CC1(C(=O)O)CCCCC1. The third kappa shape index (κ3) is 6.44. The molecule has 0 aliphatic heterocycles. The monoisotopic (exact) mass is 301 g/mol. The molecule has 0 unspecified atom stereocenters. The molecule has 0 bridgehead atoms. The van der Waals surface area contributed by atoms with Crippen LogP contribution in [-0.2, 0) is 19.1 Å². The number of rotatable bonds is 10. The first-order chi connectivity index (χ1) is 10.1. The standard InChI is InChI=1S/C15H27NO5/c1-20-10-11-21-9-5-8-16-13(17)12-15(14(18)19)6-3-2-4-7-15/h2-12H2,1H3,(H,16,17)(H,18,19). The zero-order chi connectivity index (χ0) is 15.6. The van der Waals surface area contributed by atoms with Gasteiger partial charge in [-0.15, -0.1) is 0 Å². The number of hydrogen-bond donors (Lipinski definition) is 2. The number of carboxylic acid groups (broad SMARTS) is 1. The van der Waals surface area contributed by atoms with Gasteiger partial charge in [0.2, 0.25) is 5.91 Å². The van der Waals surface area contributed by atoms with Crippen LogP contribution in [0.15, 0.2) is 0 Å². The summed E-state index contributed by atoms with van der Waals surface area (Å²) in [4.78, 5) is 23.4. The lowest BCUT2D eigenvalue weighted by atomic mass is 9.71. The molecular formula is C15H27NO5. The average Bonchev–Trinajstić information content (AvgIpc) is 2.47. The molecule has 1 saturated carbocycles. The third-order valence-corrected chi connectivity index (χ3v) is 3.98. The van der Waals surface area contributed by atoms with Crippen molar-refractivity contribution < 1.29 is 24.2 Å². The minimum Gasteiger partial charge on any atom is -0.481 e. The highest BCUT2D eigenvalue weighted by Gasteiger charge is 2.41. The molecule has 1 amide bonds. The van der Waals surface area contributed by atoms with Gasteiger partial charge in [0, 0.05) is 26.7 Å². The van der Waals surface area contributed by atoms with Crippen LogP contribution in [0.2, 0.25) is 0 Å². The number of hydrogen-bond acceptors (Lipinski definition) is 4. The zero-order valence-electron chi connectivity index (χ0n) is 12.9. The largest absolute Gasteiger partial charge is 0.481 e. The first-order valence-corrected chi connectivity index (χ1v) is 7.67. The molecule has 0 atom stereocenters. The Morgan fingerprint density at radius 2 is 1.86 bits per heavy atom. The number of aliphatic carboxylic acids is 1. The van der Waals surface area contributed by atoms with E-state index in [-0.39, 0.29) is 12.3 Å². The number of nitrogens with one attached hydrogen (secondary N) is 1. The Kier molecular flexibility index (Phi) is 8.30. The Labute approximate surface area is 126 Å². The second kappa shape index (κ2) is 9.73. The van der Waals surface area contributed by atoms with Crippen LogP contribution in [0.3, 0.4) is 0 Å². The van der Waals surface area contributed by atoms with Crippen molar-refractivity contribution in [2.75, 3.05) is 33.5 Å². The van der Waals surface area contributed by atoms with Crippen LogP contribution in [0.5, 0.6) is 0 Å². The molecule has 0 aromatic carbocycles. The van der Waals surface area contributed by atoms with Crippen LogP contribution < -0.4 is 5.32 Å². The molecule has 0 aromatic rings. The maximum atomic E-state index is 11.9. The van der Waals surface area contributed by atoms with Gasteiger partial charge in [-0.2, -0.15) is 0 Å². The molecule has 1 fully saturated rings. The van der Waals surface area contributed by atoms with E-state index in [9.17, 15) is 14.7 Å². The maximum Gasteiger partial charge on any atom is 0.310 e. The van der Waals surface area contributed by atoms with Gasteiger partial charge in [0.15, 0.2) is 0 Å². The summed E-state index contributed by atoms with van der Waals surface area (Å²) in [5.74, 6) is -1.00. The smallest absolute Gasteiger partial charge is 0.310 e. The summed E-state index contributed by atoms with van der Waals surface area (Å²) < 4.78 is 10.1. The summed E-state index contributed by atoms with van der Waals surface area (Å²) in [6, 6.07) is 0. The number of carbonyl (C=O) groups excluding carboxylic acids is 1. The highest BCUT2D eigenvalue weighted by molar-refractivity contribution is 5.85. The predicted octanol–water partition coefficient (Wildman–Crippen LogP) is 1.58. The Hall–Kier alpha value is -1.14. The van der Waals surface area contributed by atoms with Crippen LogP contribution in [-0.4, -0.2) is 50.5 Å². The van der Waals surface area contributed by atoms with E-state index < -0.39 is 11.4 Å². The molecule has 0 aromatic heterocycles. The van der Waals surface area contributed by atoms with Gasteiger partial charge >= 0.3 is 5.97 Å². The summed E-state index contributed by atoms with van der Waals surface area (Å²) in [6.07, 6.45) is 4.88. The van der Waals surface area contributed by atoms with E-state index in [2.05, 4.69) is 5.32 Å². The van der Waals surface area contributed by atoms with Crippen LogP contribution in [0.25, 0.3) is 0 Å². The average molecular weight is 301 g/mol. The molecule has 1 rings (SSSR count). The van der Waals surface area contributed by atoms with Crippen molar-refractivity contribution in [1.82, 2.24) is 5.32 Å². The molecule has 1 aliphatic rings. The Bertz CT molecular complexity index is 326. The van der Waals surface area contributed by atoms with Crippen molar-refractivity contribution in [1.29, 1.82) is 0 Å². The van der Waals surface area contributed by atoms with Crippen LogP contribution in [0.4, 0.5) is 0 Å². The lowest BCUT2D eigenvalue weighted by molar-refractivity contribution is -0.154. The first-order valence-electron chi connectivity index (χ1n) is 7.67. The van der Waals surface area contributed by atoms with Crippen LogP contribution in [0, 0.1) is 5.41 Å². The summed E-state index contributed by atoms with van der Waals surface area (Å²) in [6.45, 7) is 2.19. The van der Waals surface area contributed by atoms with Crippen molar-refractivity contribution in [2.24, 2.45) is 5.41 Å². The molecule has 6 heteroatoms. The fraction of sp³-hybridized carbons (Fsp3) is 0.867. The van der Waals surface area contributed by atoms with E-state index in [0.29, 0.717) is 39.2 Å². The van der Waals surface area contributed by atoms with Crippen molar-refractivity contribution in [3.05, 3.63) is 0 Å². The predicted molar refractivity (Wildman–Crippen MR) is 78.1 cm³/mol. The number of methoxy groups -OCH3 is 1. The fourth-order valence-corrected chi connectivity index (χ4v) is 2.71. The van der Waals surface area contributed by atoms with Crippen molar-refractivity contribution in [2.45, 2.75) is 44.9 Å². The fourth-order valence-electron chi connectivity index (χ4n) is 2.71. The minimum absolute atomic E-state index is 0.0901. The lowest BCUT2D eigenvalue weighted by Gasteiger charge is -2.32.